The van der Waals surface area contributed by atoms with E-state index < -0.39 is 0 Å². The third-order valence-electron chi connectivity index (χ3n) is 5.54. The first-order valence-electron chi connectivity index (χ1n) is 10.1. The van der Waals surface area contributed by atoms with Crippen molar-refractivity contribution < 1.29 is 14.6 Å². The van der Waals surface area contributed by atoms with Crippen molar-refractivity contribution in [2.45, 2.75) is 45.9 Å². The summed E-state index contributed by atoms with van der Waals surface area (Å²) in [6.07, 6.45) is 0.307. The van der Waals surface area contributed by atoms with Crippen molar-refractivity contribution in [3.8, 4) is 5.75 Å². The summed E-state index contributed by atoms with van der Waals surface area (Å²) in [4.78, 5) is 19.8. The van der Waals surface area contributed by atoms with Crippen molar-refractivity contribution in [3.63, 3.8) is 0 Å². The second kappa shape index (κ2) is 8.48. The number of amides is 1. The molecule has 3 rings (SSSR count). The Morgan fingerprint density at radius 3 is 2.22 bits per heavy atom. The maximum atomic E-state index is 13.3. The largest absolute Gasteiger partial charge is 0.506 e. The first-order valence-corrected chi connectivity index (χ1v) is 10.1. The second-order valence-corrected chi connectivity index (χ2v) is 8.20. The number of benzene rings is 1. The molecule has 0 radical (unpaired) electrons. The second-order valence-electron chi connectivity index (χ2n) is 8.20. The van der Waals surface area contributed by atoms with E-state index in [-0.39, 0.29) is 30.1 Å². The SMILES string of the molecule is CC1CN(C(C(=O)N2CCN(c3ccccc3O)CC2)C(C)C)CC(C)O1. The molecule has 2 aliphatic rings. The number of morpholine rings is 1. The van der Waals surface area contributed by atoms with Gasteiger partial charge in [-0.1, -0.05) is 26.0 Å². The van der Waals surface area contributed by atoms with E-state index in [9.17, 15) is 9.90 Å². The number of carbonyl (C=O) groups is 1. The van der Waals surface area contributed by atoms with Gasteiger partial charge in [-0.2, -0.15) is 0 Å². The Morgan fingerprint density at radius 2 is 1.67 bits per heavy atom. The van der Waals surface area contributed by atoms with Crippen LogP contribution in [0.15, 0.2) is 24.3 Å². The van der Waals surface area contributed by atoms with Crippen molar-refractivity contribution in [1.82, 2.24) is 9.80 Å². The maximum absolute atomic E-state index is 13.3. The number of phenols is 1. The summed E-state index contributed by atoms with van der Waals surface area (Å²) in [7, 11) is 0. The van der Waals surface area contributed by atoms with Gasteiger partial charge in [0.05, 0.1) is 23.9 Å². The Labute approximate surface area is 162 Å². The molecule has 3 unspecified atom stereocenters. The topological polar surface area (TPSA) is 56.3 Å². The minimum absolute atomic E-state index is 0.101. The number of ether oxygens (including phenoxy) is 1. The summed E-state index contributed by atoms with van der Waals surface area (Å²) >= 11 is 0. The van der Waals surface area contributed by atoms with Crippen LogP contribution >= 0.6 is 0 Å². The third-order valence-corrected chi connectivity index (χ3v) is 5.54. The van der Waals surface area contributed by atoms with E-state index >= 15 is 0 Å². The van der Waals surface area contributed by atoms with Crippen molar-refractivity contribution in [2.24, 2.45) is 5.92 Å². The number of nitrogens with zero attached hydrogens (tertiary/aromatic N) is 3. The van der Waals surface area contributed by atoms with E-state index in [1.807, 2.05) is 23.1 Å². The highest BCUT2D eigenvalue weighted by Gasteiger charge is 2.37. The number of hydrogen-bond donors (Lipinski definition) is 1. The smallest absolute Gasteiger partial charge is 0.240 e. The quantitative estimate of drug-likeness (QED) is 0.874. The molecule has 0 bridgehead atoms. The molecule has 27 heavy (non-hydrogen) atoms. The first kappa shape index (κ1) is 20.0. The average molecular weight is 376 g/mol. The molecule has 1 aromatic rings. The summed E-state index contributed by atoms with van der Waals surface area (Å²) < 4.78 is 5.85. The number of carbonyl (C=O) groups excluding carboxylic acids is 1. The lowest BCUT2D eigenvalue weighted by atomic mass is 9.98. The number of phenolic OH excluding ortho intramolecular Hbond substituents is 1. The van der Waals surface area contributed by atoms with Crippen LogP contribution in [0, 0.1) is 5.92 Å². The zero-order valence-corrected chi connectivity index (χ0v) is 17.0. The summed E-state index contributed by atoms with van der Waals surface area (Å²) in [6, 6.07) is 7.30. The van der Waals surface area contributed by atoms with Crippen LogP contribution in [0.4, 0.5) is 5.69 Å². The highest BCUT2D eigenvalue weighted by molar-refractivity contribution is 5.82. The van der Waals surface area contributed by atoms with Gasteiger partial charge in [0, 0.05) is 39.3 Å². The van der Waals surface area contributed by atoms with Crippen molar-refractivity contribution in [2.75, 3.05) is 44.2 Å². The molecule has 2 saturated heterocycles. The minimum Gasteiger partial charge on any atom is -0.506 e. The Balaban J connectivity index is 1.65. The number of piperazine rings is 1. The highest BCUT2D eigenvalue weighted by atomic mass is 16.5. The predicted octanol–water partition coefficient (Wildman–Crippen LogP) is 2.17. The van der Waals surface area contributed by atoms with Gasteiger partial charge in [0.1, 0.15) is 5.75 Å². The van der Waals surface area contributed by atoms with Gasteiger partial charge in [-0.05, 0) is 31.9 Å². The molecule has 0 saturated carbocycles. The third kappa shape index (κ3) is 4.55. The Hall–Kier alpha value is -1.79. The lowest BCUT2D eigenvalue weighted by molar-refractivity contribution is -0.145. The molecular formula is C21H33N3O3. The molecule has 1 N–H and O–H groups in total. The van der Waals surface area contributed by atoms with Crippen LogP contribution in [0.3, 0.4) is 0 Å². The molecule has 2 heterocycles. The van der Waals surface area contributed by atoms with E-state index in [0.29, 0.717) is 18.8 Å². The number of aromatic hydroxyl groups is 1. The molecule has 0 spiro atoms. The zero-order chi connectivity index (χ0) is 19.6. The van der Waals surface area contributed by atoms with E-state index in [1.54, 1.807) is 6.07 Å². The minimum atomic E-state index is -0.101. The fourth-order valence-corrected chi connectivity index (χ4v) is 4.39. The molecule has 1 aromatic carbocycles. The molecule has 2 fully saturated rings. The average Bonchev–Trinajstić information content (AvgIpc) is 2.61. The van der Waals surface area contributed by atoms with Crippen LogP contribution in [-0.2, 0) is 9.53 Å². The lowest BCUT2D eigenvalue weighted by Crippen LogP contribution is -2.60. The number of para-hydroxylation sites is 2. The van der Waals surface area contributed by atoms with Crippen molar-refractivity contribution >= 4 is 11.6 Å². The van der Waals surface area contributed by atoms with Crippen molar-refractivity contribution in [3.05, 3.63) is 24.3 Å². The molecule has 6 heteroatoms. The number of hydrogen-bond acceptors (Lipinski definition) is 5. The Kier molecular flexibility index (Phi) is 6.27. The molecule has 0 aliphatic carbocycles. The molecule has 0 aromatic heterocycles. The van der Waals surface area contributed by atoms with Gasteiger partial charge < -0.3 is 19.6 Å². The monoisotopic (exact) mass is 375 g/mol. The van der Waals surface area contributed by atoms with E-state index in [1.165, 1.54) is 0 Å². The van der Waals surface area contributed by atoms with Crippen LogP contribution in [-0.4, -0.2) is 78.3 Å². The van der Waals surface area contributed by atoms with E-state index in [4.69, 9.17) is 4.74 Å². The number of anilines is 1. The van der Waals surface area contributed by atoms with Crippen LogP contribution in [0.5, 0.6) is 5.75 Å². The molecule has 150 valence electrons. The van der Waals surface area contributed by atoms with Gasteiger partial charge >= 0.3 is 0 Å². The molecule has 3 atom stereocenters. The maximum Gasteiger partial charge on any atom is 0.240 e. The van der Waals surface area contributed by atoms with Gasteiger partial charge in [0.15, 0.2) is 0 Å². The van der Waals surface area contributed by atoms with Gasteiger partial charge in [0.2, 0.25) is 5.91 Å². The Bertz CT molecular complexity index is 633. The number of rotatable bonds is 4. The standard InChI is InChI=1S/C21H33N3O3/c1-15(2)20(24-13-16(3)27-17(4)14-24)21(26)23-11-9-22(10-12-23)18-7-5-6-8-19(18)25/h5-8,15-17,20,25H,9-14H2,1-4H3. The Morgan fingerprint density at radius 1 is 1.07 bits per heavy atom. The van der Waals surface area contributed by atoms with Crippen LogP contribution in [0.25, 0.3) is 0 Å². The van der Waals surface area contributed by atoms with Gasteiger partial charge in [0.25, 0.3) is 0 Å². The summed E-state index contributed by atoms with van der Waals surface area (Å²) in [5.41, 5.74) is 0.848. The first-order chi connectivity index (χ1) is 12.9. The van der Waals surface area contributed by atoms with Crippen LogP contribution in [0.1, 0.15) is 27.7 Å². The van der Waals surface area contributed by atoms with E-state index in [2.05, 4.69) is 37.5 Å². The molecule has 2 aliphatic heterocycles. The predicted molar refractivity (Wildman–Crippen MR) is 107 cm³/mol. The van der Waals surface area contributed by atoms with Crippen molar-refractivity contribution in [1.29, 1.82) is 0 Å². The summed E-state index contributed by atoms with van der Waals surface area (Å²) in [6.45, 7) is 12.9. The fourth-order valence-electron chi connectivity index (χ4n) is 4.39. The lowest BCUT2D eigenvalue weighted by Gasteiger charge is -2.44. The fraction of sp³-hybridized carbons (Fsp3) is 0.667. The van der Waals surface area contributed by atoms with Crippen LogP contribution < -0.4 is 4.90 Å². The van der Waals surface area contributed by atoms with Gasteiger partial charge in [-0.3, -0.25) is 9.69 Å². The van der Waals surface area contributed by atoms with E-state index in [0.717, 1.165) is 31.9 Å². The van der Waals surface area contributed by atoms with Crippen LogP contribution in [0.2, 0.25) is 0 Å². The molecule has 6 nitrogen and oxygen atoms in total. The summed E-state index contributed by atoms with van der Waals surface area (Å²) in [5.74, 6) is 0.781. The molecule has 1 amide bonds. The summed E-state index contributed by atoms with van der Waals surface area (Å²) in [5, 5.41) is 10.1. The molecular weight excluding hydrogens is 342 g/mol. The zero-order valence-electron chi connectivity index (χ0n) is 17.0. The van der Waals surface area contributed by atoms with Gasteiger partial charge in [-0.25, -0.2) is 0 Å². The highest BCUT2D eigenvalue weighted by Crippen LogP contribution is 2.28. The normalized spacial score (nSPS) is 25.7. The van der Waals surface area contributed by atoms with Gasteiger partial charge in [-0.15, -0.1) is 0 Å².